The lowest BCUT2D eigenvalue weighted by Crippen LogP contribution is -2.35. The first-order valence-electron chi connectivity index (χ1n) is 15.9. The van der Waals surface area contributed by atoms with Crippen LogP contribution in [0, 0.1) is 0 Å². The highest BCUT2D eigenvalue weighted by molar-refractivity contribution is 5.43. The minimum absolute atomic E-state index is 0.594. The molecule has 0 amide bonds. The molecule has 2 heterocycles. The lowest BCUT2D eigenvalue weighted by atomic mass is 10.1. The molecule has 0 bridgehead atoms. The van der Waals surface area contributed by atoms with Crippen LogP contribution in [-0.2, 0) is 22.9 Å². The Morgan fingerprint density at radius 2 is 0.923 bits per heavy atom. The van der Waals surface area contributed by atoms with Crippen molar-refractivity contribution >= 4 is 11.4 Å². The molecular weight excluding hydrogens is 484 g/mol. The first-order valence-corrected chi connectivity index (χ1v) is 15.9. The fraction of sp³-hybridized carbons (Fsp3) is 0.697. The van der Waals surface area contributed by atoms with Gasteiger partial charge >= 0.3 is 0 Å². The SMILES string of the molecule is CCCCCCCCCCOC[n+]1cccc(NCNc2ccc[n+](COCCCCCCCCCC)c2)c1. The zero-order valence-electron chi connectivity index (χ0n) is 25.2. The van der Waals surface area contributed by atoms with E-state index in [1.54, 1.807) is 0 Å². The van der Waals surface area contributed by atoms with Crippen molar-refractivity contribution in [3.05, 3.63) is 49.1 Å². The van der Waals surface area contributed by atoms with Gasteiger partial charge in [0.2, 0.25) is 0 Å². The van der Waals surface area contributed by atoms with Gasteiger partial charge in [-0.1, -0.05) is 104 Å². The highest BCUT2D eigenvalue weighted by Gasteiger charge is 2.05. The molecule has 0 aliphatic heterocycles. The summed E-state index contributed by atoms with van der Waals surface area (Å²) in [5.74, 6) is 0. The van der Waals surface area contributed by atoms with Gasteiger partial charge in [0.1, 0.15) is 11.4 Å². The molecule has 0 aromatic carbocycles. The van der Waals surface area contributed by atoms with E-state index in [0.29, 0.717) is 20.1 Å². The average molecular weight is 543 g/mol. The lowest BCUT2D eigenvalue weighted by molar-refractivity contribution is -0.732. The molecule has 0 aliphatic rings. The number of hydrogen-bond donors (Lipinski definition) is 2. The van der Waals surface area contributed by atoms with Crippen LogP contribution >= 0.6 is 0 Å². The predicted molar refractivity (Wildman–Crippen MR) is 163 cm³/mol. The summed E-state index contributed by atoms with van der Waals surface area (Å²) in [4.78, 5) is 0. The summed E-state index contributed by atoms with van der Waals surface area (Å²) in [7, 11) is 0. The van der Waals surface area contributed by atoms with E-state index in [-0.39, 0.29) is 0 Å². The van der Waals surface area contributed by atoms with Gasteiger partial charge in [0.25, 0.3) is 13.5 Å². The number of unbranched alkanes of at least 4 members (excludes halogenated alkanes) is 14. The highest BCUT2D eigenvalue weighted by Crippen LogP contribution is 2.10. The number of hydrogen-bond acceptors (Lipinski definition) is 4. The van der Waals surface area contributed by atoms with E-state index in [4.69, 9.17) is 9.47 Å². The van der Waals surface area contributed by atoms with E-state index in [1.807, 2.05) is 0 Å². The lowest BCUT2D eigenvalue weighted by Gasteiger charge is -2.08. The Labute approximate surface area is 239 Å². The summed E-state index contributed by atoms with van der Waals surface area (Å²) in [5, 5.41) is 6.90. The third-order valence-corrected chi connectivity index (χ3v) is 7.07. The van der Waals surface area contributed by atoms with Gasteiger partial charge in [0.05, 0.1) is 19.9 Å². The van der Waals surface area contributed by atoms with Crippen LogP contribution in [-0.4, -0.2) is 19.9 Å². The van der Waals surface area contributed by atoms with Crippen LogP contribution < -0.4 is 19.8 Å². The predicted octanol–water partition coefficient (Wildman–Crippen LogP) is 7.97. The van der Waals surface area contributed by atoms with Gasteiger partial charge < -0.3 is 20.1 Å². The quantitative estimate of drug-likeness (QED) is 0.0719. The van der Waals surface area contributed by atoms with Crippen LogP contribution in [0.4, 0.5) is 11.4 Å². The number of ether oxygens (including phenoxy) is 2. The molecule has 0 atom stereocenters. The highest BCUT2D eigenvalue weighted by atomic mass is 16.5. The Morgan fingerprint density at radius 3 is 1.33 bits per heavy atom. The molecule has 220 valence electrons. The van der Waals surface area contributed by atoms with Gasteiger partial charge in [-0.25, -0.2) is 0 Å². The van der Waals surface area contributed by atoms with Crippen molar-refractivity contribution in [3.8, 4) is 0 Å². The molecule has 0 radical (unpaired) electrons. The number of nitrogens with zero attached hydrogens (tertiary/aromatic N) is 2. The van der Waals surface area contributed by atoms with Gasteiger partial charge in [-0.3, -0.25) is 0 Å². The van der Waals surface area contributed by atoms with Crippen molar-refractivity contribution in [1.82, 2.24) is 0 Å². The molecule has 0 unspecified atom stereocenters. The second-order valence-electron chi connectivity index (χ2n) is 10.8. The van der Waals surface area contributed by atoms with Gasteiger partial charge in [0.15, 0.2) is 24.8 Å². The van der Waals surface area contributed by atoms with Crippen molar-refractivity contribution in [1.29, 1.82) is 0 Å². The molecule has 0 saturated heterocycles. The first-order chi connectivity index (χ1) is 19.3. The minimum Gasteiger partial charge on any atom is -0.363 e. The fourth-order valence-electron chi connectivity index (χ4n) is 4.68. The number of pyridine rings is 2. The Balaban J connectivity index is 1.53. The van der Waals surface area contributed by atoms with E-state index >= 15 is 0 Å². The van der Waals surface area contributed by atoms with Gasteiger partial charge in [-0.15, -0.1) is 0 Å². The number of nitrogens with one attached hydrogen (secondary N) is 2. The minimum atomic E-state index is 0.594. The van der Waals surface area contributed by atoms with E-state index in [2.05, 4.69) is 82.7 Å². The van der Waals surface area contributed by atoms with Crippen molar-refractivity contribution in [2.75, 3.05) is 30.5 Å². The molecule has 2 N–H and O–H groups in total. The standard InChI is InChI=1S/C33H58N4O2/c1-3-5-7-9-11-13-15-17-25-38-30-36-23-19-21-32(27-36)34-29-35-33-22-20-24-37(28-33)31-39-26-18-16-14-12-10-8-6-4-2/h19-24,27-28,34-35H,3-18,25-26,29-31H2,1-2H3/q+2. The third-order valence-electron chi connectivity index (χ3n) is 7.07. The van der Waals surface area contributed by atoms with Crippen molar-refractivity contribution in [2.24, 2.45) is 0 Å². The first kappa shape index (κ1) is 33.0. The van der Waals surface area contributed by atoms with Crippen LogP contribution in [0.1, 0.15) is 117 Å². The second-order valence-corrected chi connectivity index (χ2v) is 10.8. The molecule has 2 aromatic rings. The Bertz CT molecular complexity index is 765. The number of rotatable bonds is 26. The topological polar surface area (TPSA) is 50.3 Å². The van der Waals surface area contributed by atoms with Crippen LogP contribution in [0.25, 0.3) is 0 Å². The summed E-state index contributed by atoms with van der Waals surface area (Å²) in [6, 6.07) is 8.28. The maximum Gasteiger partial charge on any atom is 0.252 e. The molecule has 39 heavy (non-hydrogen) atoms. The maximum atomic E-state index is 5.89. The molecule has 2 rings (SSSR count). The van der Waals surface area contributed by atoms with E-state index < -0.39 is 0 Å². The Hall–Kier alpha value is -2.18. The molecule has 0 saturated carbocycles. The zero-order chi connectivity index (χ0) is 27.6. The Morgan fingerprint density at radius 1 is 0.538 bits per heavy atom. The summed E-state index contributed by atoms with van der Waals surface area (Å²) in [5.41, 5.74) is 2.14. The van der Waals surface area contributed by atoms with Crippen molar-refractivity contribution in [3.63, 3.8) is 0 Å². The molecule has 6 nitrogen and oxygen atoms in total. The molecule has 2 aromatic heterocycles. The normalized spacial score (nSPS) is 11.1. The van der Waals surface area contributed by atoms with E-state index in [9.17, 15) is 0 Å². The van der Waals surface area contributed by atoms with Gasteiger partial charge in [0, 0.05) is 12.1 Å². The Kier molecular flexibility index (Phi) is 20.1. The molecule has 6 heteroatoms. The van der Waals surface area contributed by atoms with E-state index in [1.165, 1.54) is 89.9 Å². The van der Waals surface area contributed by atoms with Crippen LogP contribution in [0.15, 0.2) is 49.1 Å². The van der Waals surface area contributed by atoms with E-state index in [0.717, 1.165) is 37.4 Å². The largest absolute Gasteiger partial charge is 0.363 e. The number of anilines is 2. The zero-order valence-corrected chi connectivity index (χ0v) is 25.2. The second kappa shape index (κ2) is 23.7. The molecule has 0 fully saturated rings. The fourth-order valence-corrected chi connectivity index (χ4v) is 4.68. The van der Waals surface area contributed by atoms with Crippen LogP contribution in [0.3, 0.4) is 0 Å². The maximum absolute atomic E-state index is 5.89. The third kappa shape index (κ3) is 17.9. The molecule has 0 spiro atoms. The summed E-state index contributed by atoms with van der Waals surface area (Å²) < 4.78 is 16.0. The summed E-state index contributed by atoms with van der Waals surface area (Å²) in [6.07, 6.45) is 29.5. The average Bonchev–Trinajstić information content (AvgIpc) is 2.95. The number of aromatic nitrogens is 2. The summed E-state index contributed by atoms with van der Waals surface area (Å²) in [6.45, 7) is 8.04. The van der Waals surface area contributed by atoms with Gasteiger partial charge in [-0.05, 0) is 25.0 Å². The monoisotopic (exact) mass is 542 g/mol. The van der Waals surface area contributed by atoms with Gasteiger partial charge in [-0.2, -0.15) is 9.13 Å². The van der Waals surface area contributed by atoms with Crippen molar-refractivity contribution in [2.45, 2.75) is 130 Å². The van der Waals surface area contributed by atoms with Crippen LogP contribution in [0.2, 0.25) is 0 Å². The smallest absolute Gasteiger partial charge is 0.252 e. The molecule has 0 aliphatic carbocycles. The molecular formula is C33H58N4O2+2. The van der Waals surface area contributed by atoms with Crippen LogP contribution in [0.5, 0.6) is 0 Å². The summed E-state index contributed by atoms with van der Waals surface area (Å²) >= 11 is 0. The van der Waals surface area contributed by atoms with Crippen molar-refractivity contribution < 1.29 is 18.6 Å².